The van der Waals surface area contributed by atoms with Gasteiger partial charge in [0.1, 0.15) is 16.0 Å². The molecule has 3 aromatic heterocycles. The standard InChI is InChI=1S/C17H14BrN5O2S/c1-24-13-6-11(7-14(25-2)15(13)18)20-16-22-23-9-12(21-17(23)26-16)10-4-3-5-19-8-10/h3-9H,1-2H3,(H,20,22). The highest BCUT2D eigenvalue weighted by Crippen LogP contribution is 2.38. The largest absolute Gasteiger partial charge is 0.495 e. The maximum absolute atomic E-state index is 5.37. The summed E-state index contributed by atoms with van der Waals surface area (Å²) in [6, 6.07) is 7.60. The second kappa shape index (κ2) is 6.93. The van der Waals surface area contributed by atoms with E-state index in [1.807, 2.05) is 30.5 Å². The van der Waals surface area contributed by atoms with E-state index in [-0.39, 0.29) is 0 Å². The fraction of sp³-hybridized carbons (Fsp3) is 0.118. The van der Waals surface area contributed by atoms with Gasteiger partial charge in [0.15, 0.2) is 0 Å². The minimum absolute atomic E-state index is 0.673. The molecule has 1 N–H and O–H groups in total. The van der Waals surface area contributed by atoms with Crippen LogP contribution in [-0.4, -0.2) is 33.8 Å². The lowest BCUT2D eigenvalue weighted by Crippen LogP contribution is -1.95. The van der Waals surface area contributed by atoms with Crippen LogP contribution in [0.15, 0.2) is 47.3 Å². The lowest BCUT2D eigenvalue weighted by Gasteiger charge is -2.11. The third-order valence-electron chi connectivity index (χ3n) is 3.70. The Bertz CT molecular complexity index is 1010. The predicted molar refractivity (Wildman–Crippen MR) is 105 cm³/mol. The Morgan fingerprint density at radius 2 is 1.96 bits per heavy atom. The molecule has 0 aliphatic rings. The first kappa shape index (κ1) is 16.8. The summed E-state index contributed by atoms with van der Waals surface area (Å²) >= 11 is 4.92. The van der Waals surface area contributed by atoms with Gasteiger partial charge in [0.05, 0.1) is 26.1 Å². The van der Waals surface area contributed by atoms with Crippen molar-refractivity contribution in [2.75, 3.05) is 19.5 Å². The van der Waals surface area contributed by atoms with E-state index in [1.54, 1.807) is 31.1 Å². The smallest absolute Gasteiger partial charge is 0.214 e. The van der Waals surface area contributed by atoms with Crippen LogP contribution in [0.25, 0.3) is 16.2 Å². The number of halogens is 1. The summed E-state index contributed by atoms with van der Waals surface area (Å²) in [6.07, 6.45) is 5.41. The molecule has 0 bridgehead atoms. The quantitative estimate of drug-likeness (QED) is 0.505. The van der Waals surface area contributed by atoms with Crippen molar-refractivity contribution in [3.05, 3.63) is 47.3 Å². The number of ether oxygens (including phenoxy) is 2. The number of nitrogens with one attached hydrogen (secondary N) is 1. The maximum Gasteiger partial charge on any atom is 0.214 e. The molecule has 0 saturated heterocycles. The van der Waals surface area contributed by atoms with Crippen LogP contribution in [0.1, 0.15) is 0 Å². The number of hydrogen-bond acceptors (Lipinski definition) is 7. The third-order valence-corrected chi connectivity index (χ3v) is 5.32. The monoisotopic (exact) mass is 431 g/mol. The second-order valence-corrected chi connectivity index (χ2v) is 7.07. The molecule has 26 heavy (non-hydrogen) atoms. The Hall–Kier alpha value is -2.65. The lowest BCUT2D eigenvalue weighted by atomic mass is 10.2. The van der Waals surface area contributed by atoms with Crippen LogP contribution in [0.5, 0.6) is 11.5 Å². The molecule has 0 atom stereocenters. The Morgan fingerprint density at radius 1 is 1.19 bits per heavy atom. The van der Waals surface area contributed by atoms with Gasteiger partial charge in [-0.2, -0.15) is 0 Å². The van der Waals surface area contributed by atoms with E-state index >= 15 is 0 Å². The van der Waals surface area contributed by atoms with Crippen molar-refractivity contribution in [2.24, 2.45) is 0 Å². The Kier molecular flexibility index (Phi) is 4.48. The van der Waals surface area contributed by atoms with Gasteiger partial charge >= 0.3 is 0 Å². The van der Waals surface area contributed by atoms with E-state index in [0.717, 1.165) is 31.5 Å². The van der Waals surface area contributed by atoms with Crippen molar-refractivity contribution < 1.29 is 9.47 Å². The van der Waals surface area contributed by atoms with Crippen LogP contribution < -0.4 is 14.8 Å². The zero-order chi connectivity index (χ0) is 18.1. The molecule has 0 fully saturated rings. The Balaban J connectivity index is 1.63. The van der Waals surface area contributed by atoms with Crippen molar-refractivity contribution in [3.63, 3.8) is 0 Å². The van der Waals surface area contributed by atoms with Crippen molar-refractivity contribution in [3.8, 4) is 22.8 Å². The average Bonchev–Trinajstić information content (AvgIpc) is 3.22. The van der Waals surface area contributed by atoms with Crippen LogP contribution >= 0.6 is 27.3 Å². The van der Waals surface area contributed by atoms with Crippen LogP contribution in [0.4, 0.5) is 10.8 Å². The molecule has 132 valence electrons. The van der Waals surface area contributed by atoms with E-state index in [2.05, 4.69) is 36.3 Å². The van der Waals surface area contributed by atoms with E-state index in [1.165, 1.54) is 11.3 Å². The summed E-state index contributed by atoms with van der Waals surface area (Å²) in [5.41, 5.74) is 2.61. The summed E-state index contributed by atoms with van der Waals surface area (Å²) in [5, 5.41) is 8.52. The average molecular weight is 432 g/mol. The van der Waals surface area contributed by atoms with E-state index in [0.29, 0.717) is 11.5 Å². The summed E-state index contributed by atoms with van der Waals surface area (Å²) in [7, 11) is 3.22. The number of imidazole rings is 1. The van der Waals surface area contributed by atoms with Gasteiger partial charge < -0.3 is 14.8 Å². The molecule has 0 saturated carbocycles. The van der Waals surface area contributed by atoms with Crippen molar-refractivity contribution >= 4 is 43.0 Å². The van der Waals surface area contributed by atoms with Gasteiger partial charge in [0.2, 0.25) is 10.1 Å². The molecule has 0 unspecified atom stereocenters. The normalized spacial score (nSPS) is 10.9. The number of methoxy groups -OCH3 is 2. The molecule has 0 radical (unpaired) electrons. The zero-order valence-corrected chi connectivity index (χ0v) is 16.3. The number of pyridine rings is 1. The van der Waals surface area contributed by atoms with E-state index in [9.17, 15) is 0 Å². The molecule has 4 aromatic rings. The summed E-state index contributed by atoms with van der Waals surface area (Å²) in [4.78, 5) is 9.53. The fourth-order valence-electron chi connectivity index (χ4n) is 2.47. The number of nitrogens with zero attached hydrogens (tertiary/aromatic N) is 4. The topological polar surface area (TPSA) is 73.6 Å². The van der Waals surface area contributed by atoms with Gasteiger partial charge in [-0.15, -0.1) is 5.10 Å². The first-order chi connectivity index (χ1) is 12.7. The maximum atomic E-state index is 5.37. The van der Waals surface area contributed by atoms with E-state index < -0.39 is 0 Å². The number of fused-ring (bicyclic) bond motifs is 1. The molecule has 4 rings (SSSR count). The van der Waals surface area contributed by atoms with Gasteiger partial charge in [-0.1, -0.05) is 11.3 Å². The summed E-state index contributed by atoms with van der Waals surface area (Å²) in [6.45, 7) is 0. The first-order valence-electron chi connectivity index (χ1n) is 7.63. The molecule has 0 amide bonds. The predicted octanol–water partition coefficient (Wildman–Crippen LogP) is 4.38. The number of anilines is 2. The zero-order valence-electron chi connectivity index (χ0n) is 13.9. The highest BCUT2D eigenvalue weighted by atomic mass is 79.9. The van der Waals surface area contributed by atoms with Crippen LogP contribution in [-0.2, 0) is 0 Å². The molecular formula is C17H14BrN5O2S. The third kappa shape index (κ3) is 3.11. The Labute approximate surface area is 161 Å². The molecule has 7 nitrogen and oxygen atoms in total. The minimum atomic E-state index is 0.673. The van der Waals surface area contributed by atoms with Crippen LogP contribution in [0.2, 0.25) is 0 Å². The van der Waals surface area contributed by atoms with Gasteiger partial charge in [-0.05, 0) is 28.1 Å². The highest BCUT2D eigenvalue weighted by molar-refractivity contribution is 9.10. The number of rotatable bonds is 5. The molecule has 9 heteroatoms. The minimum Gasteiger partial charge on any atom is -0.495 e. The summed E-state index contributed by atoms with van der Waals surface area (Å²) in [5.74, 6) is 1.35. The van der Waals surface area contributed by atoms with E-state index in [4.69, 9.17) is 9.47 Å². The highest BCUT2D eigenvalue weighted by Gasteiger charge is 2.13. The SMILES string of the molecule is COc1cc(Nc2nn3cc(-c4cccnc4)nc3s2)cc(OC)c1Br. The molecule has 3 heterocycles. The van der Waals surface area contributed by atoms with Crippen LogP contribution in [0.3, 0.4) is 0 Å². The second-order valence-electron chi connectivity index (χ2n) is 5.32. The number of benzene rings is 1. The fourth-order valence-corrected chi connectivity index (χ4v) is 3.82. The van der Waals surface area contributed by atoms with Crippen molar-refractivity contribution in [1.29, 1.82) is 0 Å². The first-order valence-corrected chi connectivity index (χ1v) is 9.24. The number of hydrogen-bond donors (Lipinski definition) is 1. The van der Waals surface area contributed by atoms with Gasteiger partial charge in [0, 0.05) is 35.8 Å². The van der Waals surface area contributed by atoms with Gasteiger partial charge in [0.25, 0.3) is 0 Å². The van der Waals surface area contributed by atoms with Crippen molar-refractivity contribution in [1.82, 2.24) is 19.6 Å². The summed E-state index contributed by atoms with van der Waals surface area (Å²) < 4.78 is 13.3. The molecular weight excluding hydrogens is 418 g/mol. The number of aromatic nitrogens is 4. The molecule has 0 aliphatic carbocycles. The van der Waals surface area contributed by atoms with Crippen molar-refractivity contribution in [2.45, 2.75) is 0 Å². The van der Waals surface area contributed by atoms with Gasteiger partial charge in [-0.25, -0.2) is 9.50 Å². The van der Waals surface area contributed by atoms with Gasteiger partial charge in [-0.3, -0.25) is 4.98 Å². The molecule has 0 spiro atoms. The lowest BCUT2D eigenvalue weighted by molar-refractivity contribution is 0.390. The molecule has 1 aromatic carbocycles. The van der Waals surface area contributed by atoms with Crippen LogP contribution in [0, 0.1) is 0 Å². The Morgan fingerprint density at radius 3 is 2.58 bits per heavy atom. The molecule has 0 aliphatic heterocycles.